The Morgan fingerprint density at radius 3 is 2.12 bits per heavy atom. The SMILES string of the molecule is CCCC[Si](C)(C)O[Si](C)(C)CCc1ccc(CSC(=S)OCC)cc1. The molecule has 0 spiro atoms. The highest BCUT2D eigenvalue weighted by Gasteiger charge is 2.32. The van der Waals surface area contributed by atoms with E-state index in [-0.39, 0.29) is 0 Å². The number of benzene rings is 1. The van der Waals surface area contributed by atoms with E-state index in [2.05, 4.69) is 57.4 Å². The van der Waals surface area contributed by atoms with E-state index < -0.39 is 16.6 Å². The fourth-order valence-corrected chi connectivity index (χ4v) is 12.9. The highest BCUT2D eigenvalue weighted by Crippen LogP contribution is 2.25. The Labute approximate surface area is 172 Å². The Hall–Kier alpha value is -0.146. The summed E-state index contributed by atoms with van der Waals surface area (Å²) in [5.41, 5.74) is 2.70. The molecule has 0 unspecified atom stereocenters. The molecule has 0 heterocycles. The summed E-state index contributed by atoms with van der Waals surface area (Å²) in [4.78, 5) is 0. The van der Waals surface area contributed by atoms with Crippen LogP contribution in [0.3, 0.4) is 0 Å². The van der Waals surface area contributed by atoms with Crippen LogP contribution in [0.15, 0.2) is 24.3 Å². The minimum atomic E-state index is -1.60. The molecule has 1 aromatic carbocycles. The van der Waals surface area contributed by atoms with Gasteiger partial charge >= 0.3 is 0 Å². The molecule has 0 N–H and O–H groups in total. The molecule has 0 amide bonds. The summed E-state index contributed by atoms with van der Waals surface area (Å²) >= 11 is 6.76. The van der Waals surface area contributed by atoms with Gasteiger partial charge in [-0.15, -0.1) is 0 Å². The molecule has 0 aromatic heterocycles. The molecule has 26 heavy (non-hydrogen) atoms. The second kappa shape index (κ2) is 11.6. The molecule has 0 aliphatic heterocycles. The summed E-state index contributed by atoms with van der Waals surface area (Å²) in [6.07, 6.45) is 3.68. The van der Waals surface area contributed by atoms with Gasteiger partial charge in [-0.3, -0.25) is 0 Å². The van der Waals surface area contributed by atoms with Gasteiger partial charge in [-0.25, -0.2) is 0 Å². The molecule has 0 aliphatic rings. The van der Waals surface area contributed by atoms with Crippen LogP contribution >= 0.6 is 24.0 Å². The highest BCUT2D eigenvalue weighted by molar-refractivity contribution is 8.22. The summed E-state index contributed by atoms with van der Waals surface area (Å²) in [5.74, 6) is 0.875. The standard InChI is InChI=1S/C20H36O2S2Si2/c1-7-9-15-25(3,4)22-26(5,6)16-14-18-10-12-19(13-11-18)17-24-20(23)21-8-2/h10-13H,7-9,14-17H2,1-6H3. The van der Waals surface area contributed by atoms with Gasteiger partial charge < -0.3 is 8.85 Å². The van der Waals surface area contributed by atoms with Crippen LogP contribution in [0, 0.1) is 0 Å². The summed E-state index contributed by atoms with van der Waals surface area (Å²) in [5, 5.41) is 0. The molecule has 1 rings (SSSR count). The number of hydrogen-bond acceptors (Lipinski definition) is 4. The third kappa shape index (κ3) is 10.3. The minimum Gasteiger partial charge on any atom is -0.479 e. The average Bonchev–Trinajstić information content (AvgIpc) is 2.57. The number of aryl methyl sites for hydroxylation is 1. The van der Waals surface area contributed by atoms with Crippen molar-refractivity contribution in [3.63, 3.8) is 0 Å². The van der Waals surface area contributed by atoms with Gasteiger partial charge in [0.1, 0.15) is 0 Å². The molecule has 0 atom stereocenters. The number of hydrogen-bond donors (Lipinski definition) is 0. The van der Waals surface area contributed by atoms with Crippen molar-refractivity contribution in [2.24, 2.45) is 0 Å². The summed E-state index contributed by atoms with van der Waals surface area (Å²) in [7, 11) is -3.10. The predicted octanol–water partition coefficient (Wildman–Crippen LogP) is 7.01. The number of unbranched alkanes of at least 4 members (excludes halogenated alkanes) is 1. The molecule has 0 saturated carbocycles. The van der Waals surface area contributed by atoms with Gasteiger partial charge in [-0.05, 0) is 75.0 Å². The monoisotopic (exact) mass is 428 g/mol. The molecule has 0 radical (unpaired) electrons. The van der Waals surface area contributed by atoms with Gasteiger partial charge in [0, 0.05) is 5.75 Å². The molecule has 1 aromatic rings. The number of ether oxygens (including phenoxy) is 1. The van der Waals surface area contributed by atoms with Crippen molar-refractivity contribution >= 4 is 45.0 Å². The first kappa shape index (κ1) is 23.9. The van der Waals surface area contributed by atoms with Crippen LogP contribution in [0.5, 0.6) is 0 Å². The number of thiocarbonyl (C=S) groups is 1. The summed E-state index contributed by atoms with van der Waals surface area (Å²) < 4.78 is 12.7. The fraction of sp³-hybridized carbons (Fsp3) is 0.650. The molecule has 6 heteroatoms. The van der Waals surface area contributed by atoms with Crippen LogP contribution in [0.1, 0.15) is 37.8 Å². The van der Waals surface area contributed by atoms with Gasteiger partial charge in [-0.2, -0.15) is 0 Å². The minimum absolute atomic E-state index is 0.635. The fourth-order valence-electron chi connectivity index (χ4n) is 3.00. The van der Waals surface area contributed by atoms with Crippen molar-refractivity contribution in [3.8, 4) is 0 Å². The Morgan fingerprint density at radius 1 is 0.962 bits per heavy atom. The summed E-state index contributed by atoms with van der Waals surface area (Å²) in [6.45, 7) is 14.4. The lowest BCUT2D eigenvalue weighted by atomic mass is 10.1. The topological polar surface area (TPSA) is 18.5 Å². The van der Waals surface area contributed by atoms with Crippen LogP contribution in [0.4, 0.5) is 0 Å². The zero-order valence-corrected chi connectivity index (χ0v) is 21.0. The van der Waals surface area contributed by atoms with E-state index in [0.717, 1.165) is 12.2 Å². The highest BCUT2D eigenvalue weighted by atomic mass is 32.2. The van der Waals surface area contributed by atoms with Gasteiger partial charge in [0.2, 0.25) is 4.38 Å². The van der Waals surface area contributed by atoms with Gasteiger partial charge in [0.25, 0.3) is 0 Å². The maximum atomic E-state index is 6.71. The van der Waals surface area contributed by atoms with Crippen LogP contribution in [-0.2, 0) is 21.0 Å². The molecule has 2 nitrogen and oxygen atoms in total. The van der Waals surface area contributed by atoms with Crippen molar-refractivity contribution < 1.29 is 8.85 Å². The van der Waals surface area contributed by atoms with Crippen LogP contribution in [0.2, 0.25) is 38.3 Å². The number of thioether (sulfide) groups is 1. The summed E-state index contributed by atoms with van der Waals surface area (Å²) in [6, 6.07) is 11.4. The van der Waals surface area contributed by atoms with Crippen LogP contribution in [-0.4, -0.2) is 27.6 Å². The first-order valence-electron chi connectivity index (χ1n) is 9.75. The first-order valence-corrected chi connectivity index (χ1v) is 17.4. The third-order valence-corrected chi connectivity index (χ3v) is 13.1. The smallest absolute Gasteiger partial charge is 0.220 e. The quantitative estimate of drug-likeness (QED) is 0.278. The van der Waals surface area contributed by atoms with E-state index in [0.29, 0.717) is 11.0 Å². The molecular formula is C20H36O2S2Si2. The zero-order chi connectivity index (χ0) is 19.6. The molecule has 0 fully saturated rings. The normalized spacial score (nSPS) is 12.2. The first-order chi connectivity index (χ1) is 12.2. The Morgan fingerprint density at radius 2 is 1.54 bits per heavy atom. The third-order valence-electron chi connectivity index (χ3n) is 4.34. The zero-order valence-electron chi connectivity index (χ0n) is 17.4. The Kier molecular flexibility index (Phi) is 10.7. The number of rotatable bonds is 11. The lowest BCUT2D eigenvalue weighted by Crippen LogP contribution is -2.44. The maximum Gasteiger partial charge on any atom is 0.220 e. The molecule has 148 valence electrons. The van der Waals surface area contributed by atoms with E-state index in [9.17, 15) is 0 Å². The van der Waals surface area contributed by atoms with E-state index in [4.69, 9.17) is 21.1 Å². The van der Waals surface area contributed by atoms with E-state index >= 15 is 0 Å². The predicted molar refractivity (Wildman–Crippen MR) is 126 cm³/mol. The van der Waals surface area contributed by atoms with E-state index in [1.807, 2.05) is 6.92 Å². The largest absolute Gasteiger partial charge is 0.479 e. The molecular weight excluding hydrogens is 393 g/mol. The van der Waals surface area contributed by atoms with Gasteiger partial charge in [0.15, 0.2) is 16.6 Å². The van der Waals surface area contributed by atoms with E-state index in [1.165, 1.54) is 36.1 Å². The second-order valence-electron chi connectivity index (χ2n) is 8.01. The van der Waals surface area contributed by atoms with Crippen molar-refractivity contribution in [2.45, 2.75) is 77.1 Å². The van der Waals surface area contributed by atoms with Crippen molar-refractivity contribution in [1.29, 1.82) is 0 Å². The van der Waals surface area contributed by atoms with Crippen molar-refractivity contribution in [2.75, 3.05) is 6.61 Å². The van der Waals surface area contributed by atoms with E-state index in [1.54, 1.807) is 11.8 Å². The molecule has 0 saturated heterocycles. The lowest BCUT2D eigenvalue weighted by Gasteiger charge is -2.34. The van der Waals surface area contributed by atoms with Crippen molar-refractivity contribution in [3.05, 3.63) is 35.4 Å². The average molecular weight is 429 g/mol. The van der Waals surface area contributed by atoms with Crippen LogP contribution < -0.4 is 0 Å². The van der Waals surface area contributed by atoms with Crippen LogP contribution in [0.25, 0.3) is 0 Å². The molecule has 0 aliphatic carbocycles. The van der Waals surface area contributed by atoms with Crippen molar-refractivity contribution in [1.82, 2.24) is 0 Å². The van der Waals surface area contributed by atoms with Gasteiger partial charge in [0.05, 0.1) is 6.61 Å². The Balaban J connectivity index is 2.47. The molecule has 0 bridgehead atoms. The lowest BCUT2D eigenvalue weighted by molar-refractivity contribution is 0.346. The Bertz CT molecular complexity index is 545. The second-order valence-corrected chi connectivity index (χ2v) is 18.4. The van der Waals surface area contributed by atoms with Gasteiger partial charge in [-0.1, -0.05) is 55.8 Å². The maximum absolute atomic E-state index is 6.71.